The minimum Gasteiger partial charge on any atom is -0.449 e. The van der Waals surface area contributed by atoms with Crippen LogP contribution in [0.4, 0.5) is 4.79 Å². The Morgan fingerprint density at radius 3 is 2.67 bits per heavy atom. The fourth-order valence-electron chi connectivity index (χ4n) is 1.60. The first-order valence-electron chi connectivity index (χ1n) is 4.88. The van der Waals surface area contributed by atoms with Gasteiger partial charge in [-0.15, -0.1) is 0 Å². The Morgan fingerprint density at radius 2 is 2.06 bits per heavy atom. The second-order valence-corrected chi connectivity index (χ2v) is 5.59. The van der Waals surface area contributed by atoms with Gasteiger partial charge in [0.25, 0.3) is 0 Å². The molecule has 0 spiro atoms. The predicted octanol–water partition coefficient (Wildman–Crippen LogP) is 1.70. The molecule has 0 fully saturated rings. The molecular weight excluding hydrogens is 258 g/mol. The number of fused-ring (bicyclic) bond motifs is 1. The molecule has 6 nitrogen and oxygen atoms in total. The van der Waals surface area contributed by atoms with Crippen LogP contribution in [-0.4, -0.2) is 30.9 Å². The number of hydrogen-bond acceptors (Lipinski definition) is 5. The number of carboxylic acid groups (broad SMARTS) is 1. The number of rotatable bonds is 2. The van der Waals surface area contributed by atoms with E-state index >= 15 is 0 Å². The van der Waals surface area contributed by atoms with Crippen molar-refractivity contribution in [1.82, 2.24) is 4.98 Å². The number of ether oxygens (including phenoxy) is 1. The van der Waals surface area contributed by atoms with Gasteiger partial charge in [0.05, 0.1) is 10.4 Å². The maximum absolute atomic E-state index is 11.6. The summed E-state index contributed by atoms with van der Waals surface area (Å²) in [7, 11) is -3.44. The van der Waals surface area contributed by atoms with E-state index in [4.69, 9.17) is 5.11 Å². The van der Waals surface area contributed by atoms with E-state index in [-0.39, 0.29) is 16.2 Å². The Hall–Kier alpha value is -2.15. The third kappa shape index (κ3) is 2.25. The van der Waals surface area contributed by atoms with Crippen LogP contribution >= 0.6 is 0 Å². The van der Waals surface area contributed by atoms with Gasteiger partial charge in [0.1, 0.15) is 5.75 Å². The second kappa shape index (κ2) is 4.26. The SMILES string of the molecule is CS(=O)(=O)c1ccc(OC(=O)O)c2cccnc12. The van der Waals surface area contributed by atoms with Crippen molar-refractivity contribution in [2.45, 2.75) is 4.90 Å². The summed E-state index contributed by atoms with van der Waals surface area (Å²) in [5.74, 6) is 0.0537. The number of hydrogen-bond donors (Lipinski definition) is 1. The molecule has 0 aliphatic carbocycles. The number of carbonyl (C=O) groups is 1. The molecule has 0 amide bonds. The van der Waals surface area contributed by atoms with Crippen molar-refractivity contribution < 1.29 is 23.1 Å². The van der Waals surface area contributed by atoms with Gasteiger partial charge in [-0.05, 0) is 24.3 Å². The minimum atomic E-state index is -3.44. The minimum absolute atomic E-state index is 0.0378. The molecule has 0 saturated carbocycles. The summed E-state index contributed by atoms with van der Waals surface area (Å²) in [4.78, 5) is 14.5. The second-order valence-electron chi connectivity index (χ2n) is 3.60. The Morgan fingerprint density at radius 1 is 1.33 bits per heavy atom. The molecule has 1 heterocycles. The normalized spacial score (nSPS) is 11.4. The lowest BCUT2D eigenvalue weighted by atomic mass is 10.2. The zero-order valence-electron chi connectivity index (χ0n) is 9.32. The van der Waals surface area contributed by atoms with Crippen molar-refractivity contribution in [3.05, 3.63) is 30.5 Å². The van der Waals surface area contributed by atoms with Crippen molar-refractivity contribution in [3.63, 3.8) is 0 Å². The summed E-state index contributed by atoms with van der Waals surface area (Å²) in [6.45, 7) is 0. The van der Waals surface area contributed by atoms with Gasteiger partial charge in [0.15, 0.2) is 9.84 Å². The van der Waals surface area contributed by atoms with Gasteiger partial charge in [-0.1, -0.05) is 0 Å². The Labute approximate surface area is 103 Å². The molecule has 18 heavy (non-hydrogen) atoms. The quantitative estimate of drug-likeness (QED) is 0.657. The van der Waals surface area contributed by atoms with Crippen LogP contribution in [0.3, 0.4) is 0 Å². The molecule has 0 atom stereocenters. The van der Waals surface area contributed by atoms with E-state index in [0.717, 1.165) is 6.26 Å². The maximum Gasteiger partial charge on any atom is 0.511 e. The molecule has 0 unspecified atom stereocenters. The highest BCUT2D eigenvalue weighted by molar-refractivity contribution is 7.91. The van der Waals surface area contributed by atoms with E-state index in [1.807, 2.05) is 0 Å². The van der Waals surface area contributed by atoms with Gasteiger partial charge in [-0.25, -0.2) is 13.2 Å². The fraction of sp³-hybridized carbons (Fsp3) is 0.0909. The van der Waals surface area contributed by atoms with E-state index < -0.39 is 16.0 Å². The maximum atomic E-state index is 11.6. The Balaban J connectivity index is 2.78. The van der Waals surface area contributed by atoms with Crippen molar-refractivity contribution in [2.24, 2.45) is 0 Å². The van der Waals surface area contributed by atoms with Crippen molar-refractivity contribution in [2.75, 3.05) is 6.26 Å². The number of aromatic nitrogens is 1. The highest BCUT2D eigenvalue weighted by Crippen LogP contribution is 2.29. The monoisotopic (exact) mass is 267 g/mol. The van der Waals surface area contributed by atoms with E-state index in [0.29, 0.717) is 5.39 Å². The first-order valence-corrected chi connectivity index (χ1v) is 6.77. The third-order valence-electron chi connectivity index (χ3n) is 2.29. The average molecular weight is 267 g/mol. The molecule has 1 N–H and O–H groups in total. The van der Waals surface area contributed by atoms with E-state index in [2.05, 4.69) is 9.72 Å². The van der Waals surface area contributed by atoms with Crippen molar-refractivity contribution in [1.29, 1.82) is 0 Å². The van der Waals surface area contributed by atoms with Crippen LogP contribution in [0.5, 0.6) is 5.75 Å². The van der Waals surface area contributed by atoms with Crippen LogP contribution in [0.15, 0.2) is 35.4 Å². The summed E-state index contributed by atoms with van der Waals surface area (Å²) in [6, 6.07) is 5.70. The molecule has 0 radical (unpaired) electrons. The summed E-state index contributed by atoms with van der Waals surface area (Å²) >= 11 is 0. The van der Waals surface area contributed by atoms with Crippen LogP contribution in [0.1, 0.15) is 0 Å². The van der Waals surface area contributed by atoms with E-state index in [1.165, 1.54) is 18.3 Å². The summed E-state index contributed by atoms with van der Waals surface area (Å²) in [5.41, 5.74) is 0.193. The van der Waals surface area contributed by atoms with Crippen LogP contribution in [-0.2, 0) is 9.84 Å². The van der Waals surface area contributed by atoms with Gasteiger partial charge in [0, 0.05) is 17.8 Å². The van der Waals surface area contributed by atoms with Crippen molar-refractivity contribution >= 4 is 26.9 Å². The first kappa shape index (κ1) is 12.3. The number of nitrogens with zero attached hydrogens (tertiary/aromatic N) is 1. The van der Waals surface area contributed by atoms with E-state index in [9.17, 15) is 13.2 Å². The lowest BCUT2D eigenvalue weighted by Gasteiger charge is -2.07. The highest BCUT2D eigenvalue weighted by Gasteiger charge is 2.16. The summed E-state index contributed by atoms with van der Waals surface area (Å²) in [5, 5.41) is 8.93. The van der Waals surface area contributed by atoms with Gasteiger partial charge < -0.3 is 9.84 Å². The summed E-state index contributed by atoms with van der Waals surface area (Å²) in [6.07, 6.45) is 1.03. The van der Waals surface area contributed by atoms with Crippen molar-refractivity contribution in [3.8, 4) is 5.75 Å². The lowest BCUT2D eigenvalue weighted by Crippen LogP contribution is -2.05. The van der Waals surface area contributed by atoms with Gasteiger partial charge >= 0.3 is 6.16 Å². The molecule has 94 valence electrons. The molecule has 0 aliphatic rings. The molecular formula is C11H9NO5S. The molecule has 0 aliphatic heterocycles. The van der Waals surface area contributed by atoms with Crippen LogP contribution in [0, 0.1) is 0 Å². The topological polar surface area (TPSA) is 93.6 Å². The largest absolute Gasteiger partial charge is 0.511 e. The number of benzene rings is 1. The molecule has 2 rings (SSSR count). The van der Waals surface area contributed by atoms with Crippen LogP contribution in [0.2, 0.25) is 0 Å². The van der Waals surface area contributed by atoms with Gasteiger partial charge in [-0.3, -0.25) is 4.98 Å². The molecule has 7 heteroatoms. The van der Waals surface area contributed by atoms with Gasteiger partial charge in [0.2, 0.25) is 0 Å². The predicted molar refractivity (Wildman–Crippen MR) is 63.5 cm³/mol. The fourth-order valence-corrected chi connectivity index (χ4v) is 2.43. The standard InChI is InChI=1S/C11H9NO5S/c1-18(15,16)9-5-4-8(17-11(13)14)7-3-2-6-12-10(7)9/h2-6H,1H3,(H,13,14). The number of pyridine rings is 1. The zero-order chi connectivity index (χ0) is 13.3. The Bertz CT molecular complexity index is 723. The zero-order valence-corrected chi connectivity index (χ0v) is 10.1. The number of sulfone groups is 1. The van der Waals surface area contributed by atoms with Crippen LogP contribution < -0.4 is 4.74 Å². The molecule has 0 saturated heterocycles. The van der Waals surface area contributed by atoms with Crippen LogP contribution in [0.25, 0.3) is 10.9 Å². The van der Waals surface area contributed by atoms with E-state index in [1.54, 1.807) is 12.1 Å². The van der Waals surface area contributed by atoms with Gasteiger partial charge in [-0.2, -0.15) is 0 Å². The smallest absolute Gasteiger partial charge is 0.449 e. The average Bonchev–Trinajstić information content (AvgIpc) is 2.27. The highest BCUT2D eigenvalue weighted by atomic mass is 32.2. The third-order valence-corrected chi connectivity index (χ3v) is 3.42. The molecule has 1 aromatic carbocycles. The Kier molecular flexibility index (Phi) is 2.92. The summed E-state index contributed by atoms with van der Waals surface area (Å²) < 4.78 is 27.7. The molecule has 0 bridgehead atoms. The first-order chi connectivity index (χ1) is 8.39. The molecule has 1 aromatic heterocycles. The molecule has 2 aromatic rings. The lowest BCUT2D eigenvalue weighted by molar-refractivity contribution is 0.145.